The average molecular weight is 794 g/mol. The van der Waals surface area contributed by atoms with Crippen LogP contribution < -0.4 is 20.5 Å². The van der Waals surface area contributed by atoms with E-state index in [4.69, 9.17) is 32.9 Å². The van der Waals surface area contributed by atoms with Crippen LogP contribution in [0.5, 0.6) is 11.5 Å². The van der Waals surface area contributed by atoms with Crippen molar-refractivity contribution in [2.75, 3.05) is 38.5 Å². The summed E-state index contributed by atoms with van der Waals surface area (Å²) < 4.78 is 25.8. The number of methoxy groups -OCH3 is 2. The number of hydrogen-bond acceptors (Lipinski definition) is 11. The van der Waals surface area contributed by atoms with E-state index in [-0.39, 0.29) is 63.2 Å². The highest BCUT2D eigenvalue weighted by molar-refractivity contribution is 6.63. The first-order valence-electron chi connectivity index (χ1n) is 18.0. The monoisotopic (exact) mass is 793 g/mol. The van der Waals surface area contributed by atoms with Crippen LogP contribution in [-0.4, -0.2) is 62.1 Å². The molecule has 0 atom stereocenters. The molecular formula is C43H53ClN2O10. The van der Waals surface area contributed by atoms with E-state index in [1.807, 2.05) is 24.3 Å². The number of anilines is 2. The zero-order chi connectivity index (χ0) is 41.9. The van der Waals surface area contributed by atoms with Crippen LogP contribution in [0.25, 0.3) is 0 Å². The lowest BCUT2D eigenvalue weighted by Gasteiger charge is -2.12. The number of carbonyl (C=O) groups is 6. The van der Waals surface area contributed by atoms with Crippen molar-refractivity contribution in [3.05, 3.63) is 119 Å². The summed E-state index contributed by atoms with van der Waals surface area (Å²) in [6.07, 6.45) is 0.0954. The van der Waals surface area contributed by atoms with Crippen LogP contribution >= 0.6 is 11.6 Å². The number of ether oxygens (including phenoxy) is 4. The van der Waals surface area contributed by atoms with Gasteiger partial charge in [-0.25, -0.2) is 0 Å². The molecule has 12 nitrogen and oxygen atoms in total. The van der Waals surface area contributed by atoms with Crippen molar-refractivity contribution in [3.8, 4) is 11.5 Å². The van der Waals surface area contributed by atoms with E-state index >= 15 is 0 Å². The van der Waals surface area contributed by atoms with Crippen LogP contribution in [0.3, 0.4) is 0 Å². The predicted octanol–water partition coefficient (Wildman–Crippen LogP) is 8.47. The molecule has 3 N–H and O–H groups in total. The topological polar surface area (TPSA) is 177 Å². The molecule has 302 valence electrons. The van der Waals surface area contributed by atoms with Crippen molar-refractivity contribution < 1.29 is 49.1 Å². The van der Waals surface area contributed by atoms with Gasteiger partial charge >= 0.3 is 11.9 Å². The number of ketones is 2. The molecule has 0 heterocycles. The van der Waals surface area contributed by atoms with Crippen molar-refractivity contribution in [2.24, 2.45) is 0 Å². The van der Waals surface area contributed by atoms with E-state index in [0.29, 0.717) is 58.6 Å². The summed E-state index contributed by atoms with van der Waals surface area (Å²) in [5.41, 5.74) is 8.54. The van der Waals surface area contributed by atoms with Gasteiger partial charge in [0.15, 0.2) is 11.6 Å². The SMILES string of the molecule is C.CCOC(=O)CCC(=O)Cl.CCOC(=O)CCC(=O)Nc1ccc(OC)cc1C(=O)c1ccccc1.COc1ccc(N)c(C(=O)c2ccccc2)c1.[2H]CC. The number of benzene rings is 4. The molecule has 0 aliphatic heterocycles. The minimum atomic E-state index is -0.506. The normalized spacial score (nSPS) is 9.64. The number of nitrogens with two attached hydrogens (primary N) is 1. The summed E-state index contributed by atoms with van der Waals surface area (Å²) in [4.78, 5) is 69.1. The van der Waals surface area contributed by atoms with Crippen molar-refractivity contribution >= 4 is 57.6 Å². The Balaban J connectivity index is 0.000000868. The molecule has 0 spiro atoms. The average Bonchev–Trinajstić information content (AvgIpc) is 3.21. The van der Waals surface area contributed by atoms with Gasteiger partial charge in [-0.15, -0.1) is 0 Å². The minimum absolute atomic E-state index is 0. The smallest absolute Gasteiger partial charge is 0.306 e. The standard InChI is InChI=1S/C20H21NO5.C14H13NO2.C6H9ClO3.C2H6.CH4/c1-3-26-19(23)12-11-18(22)21-17-10-9-15(25-2)13-16(17)20(24)14-7-5-4-6-8-14;1-17-11-7-8-13(15)12(9-11)14(16)10-5-3-2-4-6-10;1-2-10-6(9)4-3-5(7)8;1-2;/h4-10,13H,3,11-12H2,1-2H3,(H,21,22);2-9H,15H2,1H3;2-4H2,1H3;1-2H3;1H4/i;;;1D;. The maximum atomic E-state index is 12.8. The number of halogens is 1. The molecule has 56 heavy (non-hydrogen) atoms. The van der Waals surface area contributed by atoms with Gasteiger partial charge in [0.2, 0.25) is 11.1 Å². The van der Waals surface area contributed by atoms with Crippen molar-refractivity contribution in [3.63, 3.8) is 0 Å². The van der Waals surface area contributed by atoms with Crippen LogP contribution in [0, 0.1) is 0 Å². The highest BCUT2D eigenvalue weighted by Crippen LogP contribution is 2.25. The van der Waals surface area contributed by atoms with Gasteiger partial charge in [-0.05, 0) is 61.8 Å². The van der Waals surface area contributed by atoms with Gasteiger partial charge in [0, 0.05) is 42.2 Å². The highest BCUT2D eigenvalue weighted by atomic mass is 35.5. The zero-order valence-electron chi connectivity index (χ0n) is 32.7. The summed E-state index contributed by atoms with van der Waals surface area (Å²) in [5, 5.41) is 2.18. The Morgan fingerprint density at radius 3 is 1.54 bits per heavy atom. The molecule has 4 aromatic carbocycles. The van der Waals surface area contributed by atoms with Gasteiger partial charge in [0.25, 0.3) is 0 Å². The maximum absolute atomic E-state index is 12.8. The third kappa shape index (κ3) is 18.4. The lowest BCUT2D eigenvalue weighted by molar-refractivity contribution is -0.144. The summed E-state index contributed by atoms with van der Waals surface area (Å²) >= 11 is 4.98. The maximum Gasteiger partial charge on any atom is 0.306 e. The Morgan fingerprint density at radius 2 is 1.09 bits per heavy atom. The molecule has 4 rings (SSSR count). The van der Waals surface area contributed by atoms with Crippen LogP contribution in [0.1, 0.15) is 94.0 Å². The number of carbonyl (C=O) groups excluding carboxylic acids is 6. The second kappa shape index (κ2) is 28.4. The van der Waals surface area contributed by atoms with Gasteiger partial charge < -0.3 is 30.0 Å². The number of nitrogen functional groups attached to an aromatic ring is 1. The molecule has 0 saturated heterocycles. The first-order valence-corrected chi connectivity index (χ1v) is 17.6. The number of amides is 1. The van der Waals surface area contributed by atoms with Gasteiger partial charge in [-0.3, -0.25) is 28.8 Å². The Kier molecular flexibility index (Phi) is 24.4. The number of nitrogens with one attached hydrogen (secondary N) is 1. The quantitative estimate of drug-likeness (QED) is 0.0511. The first-order chi connectivity index (χ1) is 26.8. The number of esters is 2. The summed E-state index contributed by atoms with van der Waals surface area (Å²) in [6.45, 7) is 6.32. The molecule has 1 amide bonds. The molecule has 0 aliphatic carbocycles. The second-order valence-electron chi connectivity index (χ2n) is 10.8. The highest BCUT2D eigenvalue weighted by Gasteiger charge is 2.17. The predicted molar refractivity (Wildman–Crippen MR) is 219 cm³/mol. The Hall–Kier alpha value is -6.01. The van der Waals surface area contributed by atoms with Crippen LogP contribution in [0.4, 0.5) is 11.4 Å². The lowest BCUT2D eigenvalue weighted by Crippen LogP contribution is -2.17. The number of hydrogen-bond donors (Lipinski definition) is 2. The number of rotatable bonds is 15. The Morgan fingerprint density at radius 1 is 0.661 bits per heavy atom. The van der Waals surface area contributed by atoms with Crippen molar-refractivity contribution in [1.29, 1.82) is 0 Å². The first kappa shape index (κ1) is 48.0. The van der Waals surface area contributed by atoms with Gasteiger partial charge in [-0.1, -0.05) is 81.9 Å². The molecule has 0 aromatic heterocycles. The fraction of sp³-hybridized carbons (Fsp3) is 0.302. The summed E-state index contributed by atoms with van der Waals surface area (Å²) in [6, 6.07) is 27.7. The van der Waals surface area contributed by atoms with Crippen molar-refractivity contribution in [2.45, 2.75) is 60.8 Å². The summed E-state index contributed by atoms with van der Waals surface area (Å²) in [7, 11) is 3.06. The van der Waals surface area contributed by atoms with E-state index in [1.165, 1.54) is 7.11 Å². The van der Waals surface area contributed by atoms with E-state index in [9.17, 15) is 28.8 Å². The summed E-state index contributed by atoms with van der Waals surface area (Å²) in [5.74, 6) is -0.376. The molecule has 0 unspecified atom stereocenters. The Labute approximate surface area is 336 Å². The fourth-order valence-electron chi connectivity index (χ4n) is 4.39. The Bertz CT molecular complexity index is 1860. The minimum Gasteiger partial charge on any atom is -0.497 e. The van der Waals surface area contributed by atoms with Gasteiger partial charge in [0.1, 0.15) is 11.5 Å². The largest absolute Gasteiger partial charge is 0.497 e. The molecule has 0 radical (unpaired) electrons. The van der Waals surface area contributed by atoms with E-state index in [1.54, 1.807) is 101 Å². The molecular weight excluding hydrogens is 740 g/mol. The zero-order valence-corrected chi connectivity index (χ0v) is 32.5. The molecule has 0 fully saturated rings. The van der Waals surface area contributed by atoms with E-state index in [0.717, 1.165) is 0 Å². The second-order valence-corrected chi connectivity index (χ2v) is 11.2. The third-order valence-electron chi connectivity index (χ3n) is 7.02. The van der Waals surface area contributed by atoms with E-state index < -0.39 is 11.2 Å². The van der Waals surface area contributed by atoms with Crippen LogP contribution in [-0.2, 0) is 28.7 Å². The molecule has 0 aliphatic rings. The van der Waals surface area contributed by atoms with Crippen LogP contribution in [0.15, 0.2) is 97.1 Å². The van der Waals surface area contributed by atoms with Gasteiger partial charge in [0.05, 0.1) is 46.0 Å². The van der Waals surface area contributed by atoms with Gasteiger partial charge in [-0.2, -0.15) is 0 Å². The van der Waals surface area contributed by atoms with E-state index in [2.05, 4.69) is 10.1 Å². The molecule has 0 saturated carbocycles. The molecule has 4 aromatic rings. The molecule has 0 bridgehead atoms. The lowest BCUT2D eigenvalue weighted by atomic mass is 10.0. The van der Waals surface area contributed by atoms with Crippen LogP contribution in [0.2, 0.25) is 0 Å². The fourth-order valence-corrected chi connectivity index (χ4v) is 4.49. The third-order valence-corrected chi connectivity index (χ3v) is 7.20. The van der Waals surface area contributed by atoms with Crippen molar-refractivity contribution in [1.82, 2.24) is 0 Å². The molecule has 13 heteroatoms.